The lowest BCUT2D eigenvalue weighted by Crippen LogP contribution is -2.12. The molecule has 17 heavy (non-hydrogen) atoms. The van der Waals surface area contributed by atoms with Gasteiger partial charge in [0.15, 0.2) is 5.82 Å². The summed E-state index contributed by atoms with van der Waals surface area (Å²) in [5.41, 5.74) is 0. The molecule has 0 saturated carbocycles. The van der Waals surface area contributed by atoms with Crippen molar-refractivity contribution in [3.05, 3.63) is 39.7 Å². The number of nitro groups is 1. The van der Waals surface area contributed by atoms with Gasteiger partial charge in [-0.15, -0.1) is 0 Å². The number of rotatable bonds is 5. The van der Waals surface area contributed by atoms with Crippen LogP contribution in [-0.2, 0) is 13.1 Å². The van der Waals surface area contributed by atoms with Crippen LogP contribution in [0.2, 0.25) is 0 Å². The van der Waals surface area contributed by atoms with Gasteiger partial charge in [-0.2, -0.15) is 4.98 Å². The van der Waals surface area contributed by atoms with E-state index in [1.165, 1.54) is 6.07 Å². The van der Waals surface area contributed by atoms with Crippen molar-refractivity contribution in [1.82, 2.24) is 15.5 Å². The number of aromatic nitrogens is 2. The molecule has 8 nitrogen and oxygen atoms in total. The van der Waals surface area contributed by atoms with Crippen molar-refractivity contribution < 1.29 is 13.9 Å². The molecule has 0 aromatic carbocycles. The smallest absolute Gasteiger partial charge is 0.404 e. The summed E-state index contributed by atoms with van der Waals surface area (Å²) in [4.78, 5) is 13.8. The number of hydrogen-bond donors (Lipinski definition) is 1. The van der Waals surface area contributed by atoms with Crippen molar-refractivity contribution in [3.63, 3.8) is 0 Å². The molecule has 0 radical (unpaired) electrons. The minimum absolute atomic E-state index is 0.268. The van der Waals surface area contributed by atoms with E-state index < -0.39 is 4.92 Å². The first kappa shape index (κ1) is 11.3. The van der Waals surface area contributed by atoms with Crippen molar-refractivity contribution in [2.24, 2.45) is 0 Å². The number of nitrogens with zero attached hydrogens (tertiary/aromatic N) is 3. The summed E-state index contributed by atoms with van der Waals surface area (Å²) in [5, 5.41) is 17.0. The largest absolute Gasteiger partial charge is 0.433 e. The van der Waals surface area contributed by atoms with E-state index in [0.29, 0.717) is 30.6 Å². The van der Waals surface area contributed by atoms with E-state index in [4.69, 9.17) is 8.94 Å². The van der Waals surface area contributed by atoms with Crippen LogP contribution in [0, 0.1) is 17.0 Å². The molecule has 0 atom stereocenters. The molecule has 0 aliphatic rings. The summed E-state index contributed by atoms with van der Waals surface area (Å²) in [6, 6.07) is 2.86. The minimum Gasteiger partial charge on any atom is -0.404 e. The van der Waals surface area contributed by atoms with Crippen molar-refractivity contribution >= 4 is 5.88 Å². The van der Waals surface area contributed by atoms with Gasteiger partial charge < -0.3 is 14.3 Å². The van der Waals surface area contributed by atoms with Crippen LogP contribution in [0.15, 0.2) is 21.1 Å². The van der Waals surface area contributed by atoms with Gasteiger partial charge in [0.25, 0.3) is 0 Å². The van der Waals surface area contributed by atoms with Gasteiger partial charge in [-0.3, -0.25) is 10.1 Å². The van der Waals surface area contributed by atoms with E-state index >= 15 is 0 Å². The van der Waals surface area contributed by atoms with E-state index in [0.717, 1.165) is 0 Å². The molecule has 0 aliphatic heterocycles. The SMILES string of the molecule is Cc1noc(CNCc2ccc([N+](=O)[O-])o2)n1. The van der Waals surface area contributed by atoms with Crippen molar-refractivity contribution in [2.45, 2.75) is 20.0 Å². The van der Waals surface area contributed by atoms with E-state index in [1.54, 1.807) is 13.0 Å². The third kappa shape index (κ3) is 2.88. The van der Waals surface area contributed by atoms with Crippen molar-refractivity contribution in [1.29, 1.82) is 0 Å². The average Bonchev–Trinajstić information content (AvgIpc) is 2.88. The summed E-state index contributed by atoms with van der Waals surface area (Å²) in [6.45, 7) is 2.47. The van der Waals surface area contributed by atoms with E-state index in [1.807, 2.05) is 0 Å². The van der Waals surface area contributed by atoms with Crippen LogP contribution >= 0.6 is 0 Å². The predicted octanol–water partition coefficient (Wildman–Crippen LogP) is 1.17. The van der Waals surface area contributed by atoms with Gasteiger partial charge in [-0.1, -0.05) is 5.16 Å². The summed E-state index contributed by atoms with van der Waals surface area (Å²) in [5.74, 6) is 1.24. The van der Waals surface area contributed by atoms with Gasteiger partial charge in [-0.05, 0) is 13.0 Å². The maximum absolute atomic E-state index is 10.4. The summed E-state index contributed by atoms with van der Waals surface area (Å²) in [7, 11) is 0. The third-order valence-corrected chi connectivity index (χ3v) is 1.97. The molecule has 2 aromatic rings. The molecule has 0 unspecified atom stereocenters. The maximum atomic E-state index is 10.4. The normalized spacial score (nSPS) is 10.6. The standard InChI is InChI=1S/C9H10N4O4/c1-6-11-8(17-12-6)5-10-4-7-2-3-9(16-7)13(14)15/h2-3,10H,4-5H2,1H3. The van der Waals surface area contributed by atoms with E-state index in [2.05, 4.69) is 15.5 Å². The first-order chi connectivity index (χ1) is 8.15. The number of hydrogen-bond acceptors (Lipinski definition) is 7. The van der Waals surface area contributed by atoms with Crippen molar-refractivity contribution in [2.75, 3.05) is 0 Å². The molecule has 8 heteroatoms. The monoisotopic (exact) mass is 238 g/mol. The maximum Gasteiger partial charge on any atom is 0.433 e. The van der Waals surface area contributed by atoms with Gasteiger partial charge >= 0.3 is 5.88 Å². The summed E-state index contributed by atoms with van der Waals surface area (Å²) < 4.78 is 9.84. The Morgan fingerprint density at radius 1 is 1.47 bits per heavy atom. The van der Waals surface area contributed by atoms with Gasteiger partial charge in [0.2, 0.25) is 5.89 Å². The van der Waals surface area contributed by atoms with Gasteiger partial charge in [0.05, 0.1) is 19.2 Å². The minimum atomic E-state index is -0.579. The first-order valence-electron chi connectivity index (χ1n) is 4.88. The van der Waals surface area contributed by atoms with Gasteiger partial charge in [0, 0.05) is 0 Å². The molecule has 0 aliphatic carbocycles. The molecular weight excluding hydrogens is 228 g/mol. The van der Waals surface area contributed by atoms with Crippen LogP contribution in [0.5, 0.6) is 0 Å². The number of furan rings is 1. The molecule has 1 N–H and O–H groups in total. The topological polar surface area (TPSA) is 107 Å². The van der Waals surface area contributed by atoms with Crippen molar-refractivity contribution in [3.8, 4) is 0 Å². The third-order valence-electron chi connectivity index (χ3n) is 1.97. The average molecular weight is 238 g/mol. The number of aryl methyl sites for hydroxylation is 1. The zero-order valence-electron chi connectivity index (χ0n) is 9.04. The fraction of sp³-hybridized carbons (Fsp3) is 0.333. The summed E-state index contributed by atoms with van der Waals surface area (Å²) >= 11 is 0. The Hall–Kier alpha value is -2.22. The lowest BCUT2D eigenvalue weighted by molar-refractivity contribution is -0.402. The van der Waals surface area contributed by atoms with Gasteiger partial charge in [-0.25, -0.2) is 0 Å². The lowest BCUT2D eigenvalue weighted by Gasteiger charge is -1.96. The van der Waals surface area contributed by atoms with E-state index in [-0.39, 0.29) is 5.88 Å². The fourth-order valence-electron chi connectivity index (χ4n) is 1.26. The highest BCUT2D eigenvalue weighted by molar-refractivity contribution is 5.17. The molecule has 0 amide bonds. The lowest BCUT2D eigenvalue weighted by atomic mass is 10.4. The number of nitrogens with one attached hydrogen (secondary N) is 1. The Balaban J connectivity index is 1.83. The quantitative estimate of drug-likeness (QED) is 0.615. The second-order valence-corrected chi connectivity index (χ2v) is 3.34. The highest BCUT2D eigenvalue weighted by atomic mass is 16.6. The summed E-state index contributed by atoms with van der Waals surface area (Å²) in [6.07, 6.45) is 0. The molecule has 2 aromatic heterocycles. The first-order valence-corrected chi connectivity index (χ1v) is 4.88. The fourth-order valence-corrected chi connectivity index (χ4v) is 1.26. The Bertz CT molecular complexity index is 519. The van der Waals surface area contributed by atoms with E-state index in [9.17, 15) is 10.1 Å². The second kappa shape index (κ2) is 4.74. The molecule has 0 bridgehead atoms. The van der Waals surface area contributed by atoms with Crippen LogP contribution in [0.1, 0.15) is 17.5 Å². The Morgan fingerprint density at radius 3 is 2.88 bits per heavy atom. The van der Waals surface area contributed by atoms with Crippen LogP contribution in [0.3, 0.4) is 0 Å². The molecule has 0 spiro atoms. The molecule has 2 rings (SSSR count). The molecule has 2 heterocycles. The molecular formula is C9H10N4O4. The molecule has 0 fully saturated rings. The molecule has 0 saturated heterocycles. The Morgan fingerprint density at radius 2 is 2.29 bits per heavy atom. The van der Waals surface area contributed by atoms with Crippen LogP contribution < -0.4 is 5.32 Å². The van der Waals surface area contributed by atoms with Gasteiger partial charge in [0.1, 0.15) is 10.7 Å². The zero-order valence-corrected chi connectivity index (χ0v) is 9.04. The second-order valence-electron chi connectivity index (χ2n) is 3.34. The Kier molecular flexibility index (Phi) is 3.15. The Labute approximate surface area is 95.8 Å². The predicted molar refractivity (Wildman–Crippen MR) is 54.9 cm³/mol. The van der Waals surface area contributed by atoms with Crippen LogP contribution in [0.4, 0.5) is 5.88 Å². The highest BCUT2D eigenvalue weighted by Crippen LogP contribution is 2.15. The highest BCUT2D eigenvalue weighted by Gasteiger charge is 2.11. The zero-order chi connectivity index (χ0) is 12.3. The van der Waals surface area contributed by atoms with Crippen LogP contribution in [-0.4, -0.2) is 15.1 Å². The molecule has 90 valence electrons. The van der Waals surface area contributed by atoms with Crippen LogP contribution in [0.25, 0.3) is 0 Å².